The summed E-state index contributed by atoms with van der Waals surface area (Å²) in [6, 6.07) is 21.7. The van der Waals surface area contributed by atoms with Crippen LogP contribution in [0.4, 0.5) is 5.69 Å². The predicted octanol–water partition coefficient (Wildman–Crippen LogP) is 2.60. The summed E-state index contributed by atoms with van der Waals surface area (Å²) in [6.45, 7) is 1.06. The highest BCUT2D eigenvalue weighted by Crippen LogP contribution is 2.27. The number of carbonyl (C=O) groups excluding carboxylic acids is 1. The van der Waals surface area contributed by atoms with E-state index in [1.165, 1.54) is 0 Å². The first-order valence-electron chi connectivity index (χ1n) is 8.00. The Kier molecular flexibility index (Phi) is 5.08. The third-order valence-electron chi connectivity index (χ3n) is 3.80. The molecular weight excluding hydrogens is 300 g/mol. The van der Waals surface area contributed by atoms with Crippen LogP contribution >= 0.6 is 0 Å². The molecule has 0 aliphatic heterocycles. The first-order chi connectivity index (χ1) is 11.7. The molecule has 1 amide bonds. The minimum absolute atomic E-state index is 0.0116. The zero-order valence-corrected chi connectivity index (χ0v) is 13.7. The van der Waals surface area contributed by atoms with Gasteiger partial charge in [-0.1, -0.05) is 48.5 Å². The average molecular weight is 321 g/mol. The maximum Gasteiger partial charge on any atom is 0.279 e. The highest BCUT2D eigenvalue weighted by molar-refractivity contribution is 5.96. The number of quaternary nitrogens is 1. The summed E-state index contributed by atoms with van der Waals surface area (Å²) in [5, 5.41) is 3.03. The van der Waals surface area contributed by atoms with Gasteiger partial charge in [-0.3, -0.25) is 4.79 Å². The number of hydrogen-bond acceptors (Lipinski definition) is 2. The van der Waals surface area contributed by atoms with Crippen LogP contribution in [0.3, 0.4) is 0 Å². The fraction of sp³-hybridized carbons (Fsp3) is 0.150. The van der Waals surface area contributed by atoms with Gasteiger partial charge in [0.25, 0.3) is 5.91 Å². The van der Waals surface area contributed by atoms with Crippen molar-refractivity contribution in [2.24, 2.45) is 0 Å². The number of amides is 1. The topological polar surface area (TPSA) is 46.7 Å². The van der Waals surface area contributed by atoms with Crippen LogP contribution in [0.15, 0.2) is 77.4 Å². The average Bonchev–Trinajstić information content (AvgIpc) is 3.09. The van der Waals surface area contributed by atoms with E-state index in [2.05, 4.69) is 5.32 Å². The molecule has 4 heteroatoms. The summed E-state index contributed by atoms with van der Waals surface area (Å²) in [7, 11) is 1.98. The van der Waals surface area contributed by atoms with Crippen LogP contribution in [0.2, 0.25) is 0 Å². The highest BCUT2D eigenvalue weighted by Gasteiger charge is 2.14. The number of para-hydroxylation sites is 1. The van der Waals surface area contributed by atoms with Crippen molar-refractivity contribution in [3.8, 4) is 11.1 Å². The van der Waals surface area contributed by atoms with Gasteiger partial charge in [-0.2, -0.15) is 0 Å². The van der Waals surface area contributed by atoms with E-state index in [9.17, 15) is 4.79 Å². The van der Waals surface area contributed by atoms with Gasteiger partial charge in [-0.15, -0.1) is 0 Å². The number of benzene rings is 2. The van der Waals surface area contributed by atoms with Gasteiger partial charge < -0.3 is 14.6 Å². The molecule has 4 nitrogen and oxygen atoms in total. The Morgan fingerprint density at radius 2 is 1.75 bits per heavy atom. The normalized spacial score (nSPS) is 11.9. The van der Waals surface area contributed by atoms with E-state index in [0.29, 0.717) is 13.1 Å². The number of rotatable bonds is 6. The molecule has 3 aromatic rings. The van der Waals surface area contributed by atoms with Gasteiger partial charge in [0.05, 0.1) is 13.3 Å². The third-order valence-corrected chi connectivity index (χ3v) is 3.80. The number of anilines is 1. The van der Waals surface area contributed by atoms with Crippen molar-refractivity contribution in [2.45, 2.75) is 6.54 Å². The number of carbonyl (C=O) groups is 1. The molecule has 1 atom stereocenters. The van der Waals surface area contributed by atoms with E-state index in [-0.39, 0.29) is 5.91 Å². The lowest BCUT2D eigenvalue weighted by molar-refractivity contribution is -0.886. The summed E-state index contributed by atoms with van der Waals surface area (Å²) in [5.41, 5.74) is 2.94. The van der Waals surface area contributed by atoms with Gasteiger partial charge in [0, 0.05) is 11.3 Å². The Hall–Kier alpha value is -2.85. The van der Waals surface area contributed by atoms with Crippen molar-refractivity contribution >= 4 is 11.6 Å². The van der Waals surface area contributed by atoms with Gasteiger partial charge in [-0.25, -0.2) is 0 Å². The van der Waals surface area contributed by atoms with E-state index >= 15 is 0 Å². The SMILES string of the molecule is C[NH+](CC(=O)Nc1ccccc1-c1ccccc1)Cc1ccco1. The lowest BCUT2D eigenvalue weighted by Gasteiger charge is -2.14. The van der Waals surface area contributed by atoms with Gasteiger partial charge in [0.15, 0.2) is 12.3 Å². The minimum Gasteiger partial charge on any atom is -0.463 e. The summed E-state index contributed by atoms with van der Waals surface area (Å²) < 4.78 is 5.33. The van der Waals surface area contributed by atoms with Gasteiger partial charge in [0.1, 0.15) is 6.54 Å². The van der Waals surface area contributed by atoms with Crippen molar-refractivity contribution in [1.29, 1.82) is 0 Å². The lowest BCUT2D eigenvalue weighted by atomic mass is 10.0. The zero-order valence-electron chi connectivity index (χ0n) is 13.7. The Labute approximate surface area is 141 Å². The molecule has 1 aromatic heterocycles. The number of hydrogen-bond donors (Lipinski definition) is 2. The number of furan rings is 1. The van der Waals surface area contributed by atoms with Crippen molar-refractivity contribution in [1.82, 2.24) is 0 Å². The predicted molar refractivity (Wildman–Crippen MR) is 94.7 cm³/mol. The zero-order chi connectivity index (χ0) is 16.8. The molecule has 0 fully saturated rings. The number of likely N-dealkylation sites (N-methyl/N-ethyl adjacent to an activating group) is 1. The molecule has 0 saturated heterocycles. The fourth-order valence-corrected chi connectivity index (χ4v) is 2.70. The van der Waals surface area contributed by atoms with Crippen molar-refractivity contribution < 1.29 is 14.1 Å². The summed E-state index contributed by atoms with van der Waals surface area (Å²) in [5.74, 6) is 0.868. The second kappa shape index (κ2) is 7.62. The smallest absolute Gasteiger partial charge is 0.279 e. The Balaban J connectivity index is 1.66. The standard InChI is InChI=1S/C20H20N2O2/c1-22(14-17-10-7-13-24-17)15-20(23)21-19-12-6-5-11-18(19)16-8-3-2-4-9-16/h2-13H,14-15H2,1H3,(H,21,23)/p+1. The maximum absolute atomic E-state index is 12.4. The van der Waals surface area contributed by atoms with Crippen LogP contribution in [0.5, 0.6) is 0 Å². The molecule has 0 spiro atoms. The molecule has 24 heavy (non-hydrogen) atoms. The molecule has 0 saturated carbocycles. The first kappa shape index (κ1) is 16.0. The molecule has 1 unspecified atom stereocenters. The van der Waals surface area contributed by atoms with E-state index in [1.807, 2.05) is 73.8 Å². The third kappa shape index (κ3) is 4.12. The Morgan fingerprint density at radius 3 is 2.50 bits per heavy atom. The second-order valence-electron chi connectivity index (χ2n) is 5.85. The van der Waals surface area contributed by atoms with Crippen LogP contribution < -0.4 is 10.2 Å². The molecule has 3 rings (SSSR count). The molecule has 0 aliphatic carbocycles. The largest absolute Gasteiger partial charge is 0.463 e. The molecule has 2 N–H and O–H groups in total. The van der Waals surface area contributed by atoms with E-state index in [1.54, 1.807) is 6.26 Å². The second-order valence-corrected chi connectivity index (χ2v) is 5.85. The maximum atomic E-state index is 12.4. The van der Waals surface area contributed by atoms with Crippen LogP contribution in [0, 0.1) is 0 Å². The molecule has 0 bridgehead atoms. The lowest BCUT2D eigenvalue weighted by Crippen LogP contribution is -3.08. The molecule has 0 radical (unpaired) electrons. The molecular formula is C20H21N2O2+. The quantitative estimate of drug-likeness (QED) is 0.733. The first-order valence-corrected chi connectivity index (χ1v) is 8.00. The van der Waals surface area contributed by atoms with E-state index < -0.39 is 0 Å². The van der Waals surface area contributed by atoms with Crippen LogP contribution in [0.25, 0.3) is 11.1 Å². The van der Waals surface area contributed by atoms with Crippen molar-refractivity contribution in [2.75, 3.05) is 18.9 Å². The van der Waals surface area contributed by atoms with E-state index in [4.69, 9.17) is 4.42 Å². The van der Waals surface area contributed by atoms with Crippen LogP contribution in [-0.2, 0) is 11.3 Å². The van der Waals surface area contributed by atoms with Crippen molar-refractivity contribution in [3.05, 3.63) is 78.8 Å². The number of nitrogens with one attached hydrogen (secondary N) is 2. The summed E-state index contributed by atoms with van der Waals surface area (Å²) in [4.78, 5) is 13.4. The fourth-order valence-electron chi connectivity index (χ4n) is 2.70. The molecule has 1 heterocycles. The Bertz CT molecular complexity index is 782. The summed E-state index contributed by atoms with van der Waals surface area (Å²) in [6.07, 6.45) is 1.65. The Morgan fingerprint density at radius 1 is 1.00 bits per heavy atom. The monoisotopic (exact) mass is 321 g/mol. The molecule has 0 aliphatic rings. The van der Waals surface area contributed by atoms with Crippen molar-refractivity contribution in [3.63, 3.8) is 0 Å². The van der Waals surface area contributed by atoms with Gasteiger partial charge >= 0.3 is 0 Å². The molecule has 122 valence electrons. The summed E-state index contributed by atoms with van der Waals surface area (Å²) >= 11 is 0. The van der Waals surface area contributed by atoms with Crippen LogP contribution in [-0.4, -0.2) is 19.5 Å². The van der Waals surface area contributed by atoms with Gasteiger partial charge in [0.2, 0.25) is 0 Å². The van der Waals surface area contributed by atoms with E-state index in [0.717, 1.165) is 27.5 Å². The minimum atomic E-state index is -0.0116. The highest BCUT2D eigenvalue weighted by atomic mass is 16.3. The van der Waals surface area contributed by atoms with Crippen LogP contribution in [0.1, 0.15) is 5.76 Å². The molecule has 2 aromatic carbocycles. The van der Waals surface area contributed by atoms with Gasteiger partial charge in [-0.05, 0) is 23.8 Å².